The normalized spacial score (nSPS) is 14.7. The SMILES string of the molecule is CCOc1cc(/C=C2/SC(=O)N(CC(=O)OCC(C)C)C2=O)cc(I)c1OCc1ccccc1Cl. The third kappa shape index (κ3) is 7.37. The van der Waals surface area contributed by atoms with Gasteiger partial charge < -0.3 is 14.2 Å². The summed E-state index contributed by atoms with van der Waals surface area (Å²) in [6, 6.07) is 11.0. The molecule has 1 aliphatic rings. The fourth-order valence-electron chi connectivity index (χ4n) is 3.06. The van der Waals surface area contributed by atoms with Crippen LogP contribution in [0.3, 0.4) is 0 Å². The van der Waals surface area contributed by atoms with Gasteiger partial charge in [0.1, 0.15) is 13.2 Å². The number of benzene rings is 2. The Labute approximate surface area is 227 Å². The van der Waals surface area contributed by atoms with Crippen molar-refractivity contribution in [2.75, 3.05) is 19.8 Å². The summed E-state index contributed by atoms with van der Waals surface area (Å²) in [5.74, 6) is 0.0797. The maximum absolute atomic E-state index is 12.8. The maximum atomic E-state index is 12.8. The number of carbonyl (C=O) groups is 3. The van der Waals surface area contributed by atoms with E-state index in [-0.39, 0.29) is 24.0 Å². The smallest absolute Gasteiger partial charge is 0.326 e. The summed E-state index contributed by atoms with van der Waals surface area (Å²) in [4.78, 5) is 38.3. The lowest BCUT2D eigenvalue weighted by Crippen LogP contribution is -2.34. The Bertz CT molecular complexity index is 1150. The van der Waals surface area contributed by atoms with Gasteiger partial charge in [0.15, 0.2) is 11.5 Å². The highest BCUT2D eigenvalue weighted by Gasteiger charge is 2.36. The highest BCUT2D eigenvalue weighted by atomic mass is 127. The number of halogens is 2. The second kappa shape index (κ2) is 12.6. The first-order chi connectivity index (χ1) is 16.7. The van der Waals surface area contributed by atoms with Gasteiger partial charge in [0.05, 0.1) is 21.7 Å². The zero-order valence-corrected chi connectivity index (χ0v) is 23.2. The molecule has 0 aliphatic carbocycles. The van der Waals surface area contributed by atoms with E-state index in [0.29, 0.717) is 28.7 Å². The number of thioether (sulfide) groups is 1. The quantitative estimate of drug-likeness (QED) is 0.177. The molecule has 2 aromatic rings. The van der Waals surface area contributed by atoms with E-state index in [4.69, 9.17) is 25.8 Å². The number of amides is 2. The van der Waals surface area contributed by atoms with Gasteiger partial charge in [-0.2, -0.15) is 0 Å². The summed E-state index contributed by atoms with van der Waals surface area (Å²) >= 11 is 9.15. The molecule has 0 aromatic heterocycles. The average Bonchev–Trinajstić information content (AvgIpc) is 3.05. The minimum Gasteiger partial charge on any atom is -0.490 e. The summed E-state index contributed by atoms with van der Waals surface area (Å²) in [6.45, 7) is 6.17. The lowest BCUT2D eigenvalue weighted by molar-refractivity contribution is -0.147. The molecule has 0 spiro atoms. The Balaban J connectivity index is 1.78. The van der Waals surface area contributed by atoms with Crippen LogP contribution in [0.1, 0.15) is 31.9 Å². The molecule has 0 bridgehead atoms. The van der Waals surface area contributed by atoms with Crippen LogP contribution in [0.2, 0.25) is 5.02 Å². The van der Waals surface area contributed by atoms with Crippen LogP contribution in [0.4, 0.5) is 4.79 Å². The molecule has 0 unspecified atom stereocenters. The first kappa shape index (κ1) is 27.3. The largest absolute Gasteiger partial charge is 0.490 e. The Hall–Kier alpha value is -2.24. The summed E-state index contributed by atoms with van der Waals surface area (Å²) in [5, 5.41) is 0.100. The van der Waals surface area contributed by atoms with Crippen molar-refractivity contribution in [1.82, 2.24) is 4.90 Å². The summed E-state index contributed by atoms with van der Waals surface area (Å²) in [7, 11) is 0. The van der Waals surface area contributed by atoms with E-state index >= 15 is 0 Å². The van der Waals surface area contributed by atoms with Crippen LogP contribution in [0.15, 0.2) is 41.3 Å². The van der Waals surface area contributed by atoms with Gasteiger partial charge in [-0.05, 0) is 77.0 Å². The van der Waals surface area contributed by atoms with Crippen molar-refractivity contribution in [1.29, 1.82) is 0 Å². The van der Waals surface area contributed by atoms with Gasteiger partial charge in [0.25, 0.3) is 11.1 Å². The number of nitrogens with zero attached hydrogens (tertiary/aromatic N) is 1. The van der Waals surface area contributed by atoms with Gasteiger partial charge >= 0.3 is 5.97 Å². The van der Waals surface area contributed by atoms with E-state index in [2.05, 4.69) is 22.6 Å². The van der Waals surface area contributed by atoms with Gasteiger partial charge in [-0.3, -0.25) is 19.3 Å². The molecule has 0 radical (unpaired) electrons. The Morgan fingerprint density at radius 2 is 1.94 bits per heavy atom. The predicted octanol–water partition coefficient (Wildman–Crippen LogP) is 6.16. The summed E-state index contributed by atoms with van der Waals surface area (Å²) < 4.78 is 17.7. The van der Waals surface area contributed by atoms with Crippen molar-refractivity contribution in [2.24, 2.45) is 5.92 Å². The molecule has 35 heavy (non-hydrogen) atoms. The second-order valence-corrected chi connectivity index (χ2v) is 10.6. The van der Waals surface area contributed by atoms with E-state index in [0.717, 1.165) is 25.8 Å². The van der Waals surface area contributed by atoms with Crippen LogP contribution >= 0.6 is 46.0 Å². The van der Waals surface area contributed by atoms with Crippen molar-refractivity contribution < 1.29 is 28.6 Å². The highest BCUT2D eigenvalue weighted by molar-refractivity contribution is 14.1. The number of ether oxygens (including phenoxy) is 3. The highest BCUT2D eigenvalue weighted by Crippen LogP contribution is 2.38. The number of hydrogen-bond acceptors (Lipinski definition) is 7. The predicted molar refractivity (Wildman–Crippen MR) is 145 cm³/mol. The minimum atomic E-state index is -0.615. The van der Waals surface area contributed by atoms with Gasteiger partial charge in [0.2, 0.25) is 0 Å². The third-order valence-corrected chi connectivity index (χ3v) is 6.78. The maximum Gasteiger partial charge on any atom is 0.326 e. The van der Waals surface area contributed by atoms with E-state index in [9.17, 15) is 14.4 Å². The lowest BCUT2D eigenvalue weighted by atomic mass is 10.1. The van der Waals surface area contributed by atoms with Crippen molar-refractivity contribution in [3.63, 3.8) is 0 Å². The number of esters is 1. The summed E-state index contributed by atoms with van der Waals surface area (Å²) in [6.07, 6.45) is 1.60. The van der Waals surface area contributed by atoms with E-state index in [1.54, 1.807) is 18.2 Å². The van der Waals surface area contributed by atoms with Gasteiger partial charge in [-0.25, -0.2) is 0 Å². The Morgan fingerprint density at radius 3 is 2.63 bits per heavy atom. The molecule has 2 amide bonds. The standard InChI is InChI=1S/C25H25ClINO6S/c1-4-32-20-10-16(9-19(27)23(20)34-14-17-7-5-6-8-18(17)26)11-21-24(30)28(25(31)35-21)12-22(29)33-13-15(2)3/h5-11,15H,4,12-14H2,1-3H3/b21-11+. The molecule has 0 saturated carbocycles. The molecule has 7 nitrogen and oxygen atoms in total. The van der Waals surface area contributed by atoms with Crippen molar-refractivity contribution in [3.05, 3.63) is 61.0 Å². The molecule has 1 saturated heterocycles. The number of imide groups is 1. The first-order valence-electron chi connectivity index (χ1n) is 10.9. The monoisotopic (exact) mass is 629 g/mol. The van der Waals surface area contributed by atoms with Crippen LogP contribution in [0.25, 0.3) is 6.08 Å². The van der Waals surface area contributed by atoms with Crippen molar-refractivity contribution >= 4 is 69.1 Å². The Kier molecular flexibility index (Phi) is 9.88. The molecule has 1 aliphatic heterocycles. The molecule has 2 aromatic carbocycles. The molecule has 1 fully saturated rings. The second-order valence-electron chi connectivity index (χ2n) is 7.99. The molecule has 3 rings (SSSR count). The molecule has 0 atom stereocenters. The summed E-state index contributed by atoms with van der Waals surface area (Å²) in [5.41, 5.74) is 1.51. The van der Waals surface area contributed by atoms with E-state index in [1.807, 2.05) is 45.0 Å². The molecular formula is C25H25ClINO6S. The van der Waals surface area contributed by atoms with Gasteiger partial charge in [0, 0.05) is 10.6 Å². The number of rotatable bonds is 10. The molecule has 1 heterocycles. The van der Waals surface area contributed by atoms with E-state index in [1.165, 1.54) is 0 Å². The van der Waals surface area contributed by atoms with Crippen molar-refractivity contribution in [2.45, 2.75) is 27.4 Å². The molecular weight excluding hydrogens is 605 g/mol. The molecule has 186 valence electrons. The molecule has 0 N–H and O–H groups in total. The first-order valence-corrected chi connectivity index (χ1v) is 13.2. The number of carbonyl (C=O) groups excluding carboxylic acids is 3. The zero-order chi connectivity index (χ0) is 25.5. The molecule has 10 heteroatoms. The third-order valence-electron chi connectivity index (χ3n) is 4.70. The van der Waals surface area contributed by atoms with Crippen LogP contribution in [-0.4, -0.2) is 41.8 Å². The van der Waals surface area contributed by atoms with Crippen molar-refractivity contribution in [3.8, 4) is 11.5 Å². The van der Waals surface area contributed by atoms with Crippen LogP contribution in [-0.2, 0) is 20.9 Å². The average molecular weight is 630 g/mol. The lowest BCUT2D eigenvalue weighted by Gasteiger charge is -2.15. The van der Waals surface area contributed by atoms with Gasteiger partial charge in [-0.15, -0.1) is 0 Å². The van der Waals surface area contributed by atoms with Gasteiger partial charge in [-0.1, -0.05) is 43.6 Å². The Morgan fingerprint density at radius 1 is 1.20 bits per heavy atom. The van der Waals surface area contributed by atoms with Crippen LogP contribution in [0, 0.1) is 9.49 Å². The zero-order valence-electron chi connectivity index (χ0n) is 19.5. The van der Waals surface area contributed by atoms with E-state index < -0.39 is 23.7 Å². The fourth-order valence-corrected chi connectivity index (χ4v) is 4.87. The number of hydrogen-bond donors (Lipinski definition) is 0. The fraction of sp³-hybridized carbons (Fsp3) is 0.320. The van der Waals surface area contributed by atoms with Crippen LogP contribution < -0.4 is 9.47 Å². The minimum absolute atomic E-state index is 0.160. The van der Waals surface area contributed by atoms with Crippen LogP contribution in [0.5, 0.6) is 11.5 Å². The topological polar surface area (TPSA) is 82.1 Å².